The minimum absolute atomic E-state index is 0.567. The maximum Gasteiger partial charge on any atom is 0.331 e. The van der Waals surface area contributed by atoms with E-state index in [-0.39, 0.29) is 0 Å². The predicted octanol–water partition coefficient (Wildman–Crippen LogP) is 0.462. The molecule has 0 aromatic heterocycles. The summed E-state index contributed by atoms with van der Waals surface area (Å²) in [7, 11) is 0. The molecule has 3 rings (SSSR count). The Morgan fingerprint density at radius 3 is 1.78 bits per heavy atom. The smallest absolute Gasteiger partial charge is 0.293 e. The first-order valence-electron chi connectivity index (χ1n) is 2.55. The van der Waals surface area contributed by atoms with Gasteiger partial charge < -0.3 is 0 Å². The van der Waals surface area contributed by atoms with Crippen molar-refractivity contribution in [2.45, 2.75) is 0 Å². The van der Waals surface area contributed by atoms with Gasteiger partial charge in [-0.1, -0.05) is 0 Å². The zero-order valence-electron chi connectivity index (χ0n) is 4.65. The third-order valence-electron chi connectivity index (χ3n) is 1.20. The van der Waals surface area contributed by atoms with Gasteiger partial charge in [0.2, 0.25) is 0 Å². The number of fused-ring (bicyclic) bond motifs is 3. The van der Waals surface area contributed by atoms with Gasteiger partial charge in [0, 0.05) is 0 Å². The number of nitrogens with zero attached hydrogens (tertiary/aromatic N) is 1. The van der Waals surface area contributed by atoms with Gasteiger partial charge >= 0.3 is 6.72 Å². The first-order chi connectivity index (χ1) is 4.29. The third-order valence-corrected chi connectivity index (χ3v) is 3.44. The Morgan fingerprint density at radius 2 is 1.56 bits per heavy atom. The van der Waals surface area contributed by atoms with Gasteiger partial charge in [0.15, 0.2) is 0 Å². The van der Waals surface area contributed by atoms with E-state index in [0.717, 1.165) is 0 Å². The van der Waals surface area contributed by atoms with Crippen LogP contribution in [0.2, 0.25) is 0 Å². The zero-order chi connectivity index (χ0) is 6.32. The lowest BCUT2D eigenvalue weighted by atomic mass is 10.9. The van der Waals surface area contributed by atoms with E-state index in [9.17, 15) is 0 Å². The van der Waals surface area contributed by atoms with Crippen LogP contribution in [-0.4, -0.2) is 25.1 Å². The van der Waals surface area contributed by atoms with Crippen molar-refractivity contribution in [3.8, 4) is 0 Å². The average molecular weight is 167 g/mol. The van der Waals surface area contributed by atoms with E-state index in [2.05, 4.69) is 0 Å². The summed E-state index contributed by atoms with van der Waals surface area (Å²) in [6.07, 6.45) is 0. The van der Waals surface area contributed by atoms with Crippen molar-refractivity contribution >= 4 is 18.5 Å². The lowest BCUT2D eigenvalue weighted by Crippen LogP contribution is -2.39. The van der Waals surface area contributed by atoms with Crippen molar-refractivity contribution < 1.29 is 13.6 Å². The number of rotatable bonds is 0. The van der Waals surface area contributed by atoms with Crippen LogP contribution in [0.25, 0.3) is 0 Å². The van der Waals surface area contributed by atoms with E-state index in [1.807, 2.05) is 4.90 Å². The van der Waals surface area contributed by atoms with Gasteiger partial charge in [-0.25, -0.2) is 4.90 Å². The molecule has 0 atom stereocenters. The molecule has 4 nitrogen and oxygen atoms in total. The molecule has 9 heavy (non-hydrogen) atoms. The molecular formula is C3H6NO3PS. The minimum atomic E-state index is -2.24. The fourth-order valence-electron chi connectivity index (χ4n) is 0.681. The van der Waals surface area contributed by atoms with Gasteiger partial charge in [0.1, 0.15) is 20.2 Å². The van der Waals surface area contributed by atoms with Gasteiger partial charge in [-0.3, -0.25) is 13.6 Å². The first-order valence-corrected chi connectivity index (χ1v) is 5.10. The van der Waals surface area contributed by atoms with Crippen molar-refractivity contribution in [2.75, 3.05) is 20.2 Å². The second kappa shape index (κ2) is 1.99. The summed E-state index contributed by atoms with van der Waals surface area (Å²) in [5, 5.41) is 0. The Balaban J connectivity index is 2.20. The lowest BCUT2D eigenvalue weighted by molar-refractivity contribution is -0.104. The van der Waals surface area contributed by atoms with Gasteiger partial charge in [-0.15, -0.1) is 0 Å². The fourth-order valence-corrected chi connectivity index (χ4v) is 2.24. The molecule has 52 valence electrons. The summed E-state index contributed by atoms with van der Waals surface area (Å²) in [6.45, 7) is -0.536. The standard InChI is InChI=1S/C3H6NO3PS/c9-8-5-1-4(2-6-8)3-7-8/h1-3H2. The lowest BCUT2D eigenvalue weighted by Gasteiger charge is -2.39. The highest BCUT2D eigenvalue weighted by atomic mass is 32.5. The molecule has 0 aromatic rings. The molecule has 6 heteroatoms. The molecule has 0 aromatic carbocycles. The molecule has 0 amide bonds. The molecular weight excluding hydrogens is 161 g/mol. The highest BCUT2D eigenvalue weighted by Crippen LogP contribution is 2.55. The Bertz CT molecular complexity index is 146. The van der Waals surface area contributed by atoms with E-state index in [0.29, 0.717) is 20.2 Å². The maximum absolute atomic E-state index is 5.07. The summed E-state index contributed by atoms with van der Waals surface area (Å²) in [6, 6.07) is 0. The van der Waals surface area contributed by atoms with Gasteiger partial charge in [0.25, 0.3) is 0 Å². The number of hydrogen-bond acceptors (Lipinski definition) is 5. The highest BCUT2D eigenvalue weighted by Gasteiger charge is 2.34. The van der Waals surface area contributed by atoms with Gasteiger partial charge in [0.05, 0.1) is 0 Å². The topological polar surface area (TPSA) is 30.9 Å². The monoisotopic (exact) mass is 167 g/mol. The van der Waals surface area contributed by atoms with Crippen molar-refractivity contribution in [3.05, 3.63) is 0 Å². The summed E-state index contributed by atoms with van der Waals surface area (Å²) < 4.78 is 15.2. The zero-order valence-corrected chi connectivity index (χ0v) is 6.36. The van der Waals surface area contributed by atoms with Crippen LogP contribution in [0.4, 0.5) is 0 Å². The molecule has 3 fully saturated rings. The summed E-state index contributed by atoms with van der Waals surface area (Å²) >= 11 is 4.91. The normalized spacial score (nSPS) is 49.6. The van der Waals surface area contributed by atoms with E-state index >= 15 is 0 Å². The van der Waals surface area contributed by atoms with Crippen LogP contribution in [0.1, 0.15) is 0 Å². The van der Waals surface area contributed by atoms with Crippen LogP contribution >= 0.6 is 6.72 Å². The largest absolute Gasteiger partial charge is 0.331 e. The minimum Gasteiger partial charge on any atom is -0.293 e. The quantitative estimate of drug-likeness (QED) is 0.489. The molecule has 0 aliphatic carbocycles. The molecule has 0 spiro atoms. The molecule has 3 heterocycles. The van der Waals surface area contributed by atoms with Crippen LogP contribution < -0.4 is 0 Å². The Hall–Kier alpha value is 0.490. The van der Waals surface area contributed by atoms with Gasteiger partial charge in [-0.05, 0) is 11.8 Å². The third kappa shape index (κ3) is 1.05. The molecule has 0 radical (unpaired) electrons. The Kier molecular flexibility index (Phi) is 1.37. The highest BCUT2D eigenvalue weighted by molar-refractivity contribution is 8.07. The van der Waals surface area contributed by atoms with Crippen molar-refractivity contribution in [3.63, 3.8) is 0 Å². The van der Waals surface area contributed by atoms with E-state index in [1.54, 1.807) is 0 Å². The van der Waals surface area contributed by atoms with Crippen LogP contribution in [0.15, 0.2) is 0 Å². The second-order valence-corrected chi connectivity index (χ2v) is 4.90. The van der Waals surface area contributed by atoms with Gasteiger partial charge in [-0.2, -0.15) is 0 Å². The Labute approximate surface area is 57.9 Å². The maximum atomic E-state index is 5.07. The molecule has 3 saturated heterocycles. The summed E-state index contributed by atoms with van der Waals surface area (Å²) in [5.74, 6) is 0. The molecule has 0 saturated carbocycles. The molecule has 0 N–H and O–H groups in total. The van der Waals surface area contributed by atoms with Crippen LogP contribution in [0.5, 0.6) is 0 Å². The van der Waals surface area contributed by atoms with E-state index in [1.165, 1.54) is 0 Å². The van der Waals surface area contributed by atoms with E-state index in [4.69, 9.17) is 25.4 Å². The van der Waals surface area contributed by atoms with Crippen LogP contribution in [0.3, 0.4) is 0 Å². The molecule has 3 aliphatic rings. The van der Waals surface area contributed by atoms with Crippen LogP contribution in [-0.2, 0) is 25.4 Å². The molecule has 2 bridgehead atoms. The van der Waals surface area contributed by atoms with Crippen molar-refractivity contribution in [1.82, 2.24) is 4.90 Å². The van der Waals surface area contributed by atoms with Crippen molar-refractivity contribution in [2.24, 2.45) is 0 Å². The predicted molar refractivity (Wildman–Crippen MR) is 34.0 cm³/mol. The molecule has 0 unspecified atom stereocenters. The number of hydrogen-bond donors (Lipinski definition) is 0. The second-order valence-electron chi connectivity index (χ2n) is 1.89. The van der Waals surface area contributed by atoms with Crippen molar-refractivity contribution in [1.29, 1.82) is 0 Å². The summed E-state index contributed by atoms with van der Waals surface area (Å²) in [5.41, 5.74) is 0. The Morgan fingerprint density at radius 1 is 1.11 bits per heavy atom. The molecule has 3 aliphatic heterocycles. The first kappa shape index (κ1) is 6.22. The SMILES string of the molecule is S=P12OCN(CO1)CO2. The fraction of sp³-hybridized carbons (Fsp3) is 1.00. The van der Waals surface area contributed by atoms with E-state index < -0.39 is 6.72 Å². The summed E-state index contributed by atoms with van der Waals surface area (Å²) in [4.78, 5) is 1.88. The average Bonchev–Trinajstić information content (AvgIpc) is 1.90. The van der Waals surface area contributed by atoms with Crippen LogP contribution in [0, 0.1) is 0 Å².